The van der Waals surface area contributed by atoms with Gasteiger partial charge in [-0.15, -0.1) is 11.3 Å². The minimum absolute atomic E-state index is 0.0908. The average molecular weight is 214 g/mol. The summed E-state index contributed by atoms with van der Waals surface area (Å²) in [7, 11) is 1.71. The molecule has 0 aliphatic rings. The summed E-state index contributed by atoms with van der Waals surface area (Å²) in [5.74, 6) is -0.0908. The quantitative estimate of drug-likeness (QED) is 0.813. The minimum Gasteiger partial charge on any atom is -0.393 e. The lowest BCUT2D eigenvalue weighted by Gasteiger charge is -2.16. The molecular weight excluding hydrogens is 200 g/mol. The van der Waals surface area contributed by atoms with Gasteiger partial charge < -0.3 is 10.0 Å². The van der Waals surface area contributed by atoms with Gasteiger partial charge in [-0.1, -0.05) is 0 Å². The molecule has 78 valence electrons. The maximum absolute atomic E-state index is 11.6. The van der Waals surface area contributed by atoms with Crippen LogP contribution in [0.15, 0.2) is 10.9 Å². The molecular formula is C9H14N2O2S. The highest BCUT2D eigenvalue weighted by atomic mass is 32.1. The van der Waals surface area contributed by atoms with E-state index in [1.165, 1.54) is 11.3 Å². The standard InChI is InChI=1S/C9H14N2O2S/c1-7(12)3-4-11(2)9(13)8-5-14-6-10-8/h5-7,12H,3-4H2,1-2H3. The predicted octanol–water partition coefficient (Wildman–Crippen LogP) is 0.986. The van der Waals surface area contributed by atoms with Crippen LogP contribution >= 0.6 is 11.3 Å². The molecule has 1 unspecified atom stereocenters. The van der Waals surface area contributed by atoms with Crippen LogP contribution in [0.25, 0.3) is 0 Å². The first kappa shape index (κ1) is 11.1. The Bertz CT molecular complexity index is 285. The second-order valence-corrected chi connectivity index (χ2v) is 3.96. The van der Waals surface area contributed by atoms with E-state index in [-0.39, 0.29) is 12.0 Å². The molecule has 0 saturated carbocycles. The molecule has 5 heteroatoms. The van der Waals surface area contributed by atoms with E-state index >= 15 is 0 Å². The minimum atomic E-state index is -0.374. The zero-order valence-corrected chi connectivity index (χ0v) is 9.12. The van der Waals surface area contributed by atoms with Crippen molar-refractivity contribution in [2.75, 3.05) is 13.6 Å². The molecule has 4 nitrogen and oxygen atoms in total. The molecule has 0 aliphatic heterocycles. The van der Waals surface area contributed by atoms with Gasteiger partial charge in [0.2, 0.25) is 0 Å². The number of nitrogens with zero attached hydrogens (tertiary/aromatic N) is 2. The number of carbonyl (C=O) groups excluding carboxylic acids is 1. The third-order valence-corrected chi connectivity index (χ3v) is 2.47. The second kappa shape index (κ2) is 5.07. The van der Waals surface area contributed by atoms with Crippen molar-refractivity contribution in [2.24, 2.45) is 0 Å². The van der Waals surface area contributed by atoms with Gasteiger partial charge in [-0.05, 0) is 13.3 Å². The van der Waals surface area contributed by atoms with Crippen molar-refractivity contribution in [1.82, 2.24) is 9.88 Å². The second-order valence-electron chi connectivity index (χ2n) is 3.24. The van der Waals surface area contributed by atoms with E-state index in [9.17, 15) is 4.79 Å². The van der Waals surface area contributed by atoms with E-state index < -0.39 is 0 Å². The van der Waals surface area contributed by atoms with Gasteiger partial charge in [-0.3, -0.25) is 4.79 Å². The number of carbonyl (C=O) groups is 1. The molecule has 0 spiro atoms. The average Bonchev–Trinajstić information content (AvgIpc) is 2.65. The Morgan fingerprint density at radius 2 is 2.50 bits per heavy atom. The number of aliphatic hydroxyl groups excluding tert-OH is 1. The summed E-state index contributed by atoms with van der Waals surface area (Å²) in [6.45, 7) is 2.26. The maximum atomic E-state index is 11.6. The molecule has 0 fully saturated rings. The van der Waals surface area contributed by atoms with Crippen molar-refractivity contribution < 1.29 is 9.90 Å². The smallest absolute Gasteiger partial charge is 0.273 e. The normalized spacial score (nSPS) is 12.5. The molecule has 1 atom stereocenters. The van der Waals surface area contributed by atoms with Crippen LogP contribution in [0.5, 0.6) is 0 Å². The summed E-state index contributed by atoms with van der Waals surface area (Å²) in [6, 6.07) is 0. The van der Waals surface area contributed by atoms with Crippen molar-refractivity contribution in [1.29, 1.82) is 0 Å². The van der Waals surface area contributed by atoms with Crippen LogP contribution in [0.1, 0.15) is 23.8 Å². The molecule has 1 aromatic rings. The lowest BCUT2D eigenvalue weighted by Crippen LogP contribution is -2.29. The van der Waals surface area contributed by atoms with Gasteiger partial charge >= 0.3 is 0 Å². The summed E-state index contributed by atoms with van der Waals surface area (Å²) in [5, 5.41) is 10.8. The SMILES string of the molecule is CC(O)CCN(C)C(=O)c1cscn1. The molecule has 14 heavy (non-hydrogen) atoms. The summed E-state index contributed by atoms with van der Waals surface area (Å²) in [6.07, 6.45) is 0.215. The Labute approximate surface area is 87.2 Å². The Kier molecular flexibility index (Phi) is 4.03. The number of hydrogen-bond donors (Lipinski definition) is 1. The van der Waals surface area contributed by atoms with Crippen LogP contribution in [-0.4, -0.2) is 40.6 Å². The van der Waals surface area contributed by atoms with Crippen LogP contribution in [-0.2, 0) is 0 Å². The Balaban J connectivity index is 2.45. The number of thiazole rings is 1. The van der Waals surface area contributed by atoms with Gasteiger partial charge in [0.15, 0.2) is 0 Å². The monoisotopic (exact) mass is 214 g/mol. The first-order chi connectivity index (χ1) is 6.61. The predicted molar refractivity (Wildman–Crippen MR) is 55.4 cm³/mol. The first-order valence-corrected chi connectivity index (χ1v) is 5.37. The van der Waals surface area contributed by atoms with Crippen LogP contribution < -0.4 is 0 Å². The van der Waals surface area contributed by atoms with Crippen LogP contribution in [0.3, 0.4) is 0 Å². The van der Waals surface area contributed by atoms with Gasteiger partial charge in [0, 0.05) is 19.0 Å². The fourth-order valence-electron chi connectivity index (χ4n) is 0.996. The van der Waals surface area contributed by atoms with Gasteiger partial charge in [0.05, 0.1) is 11.6 Å². The van der Waals surface area contributed by atoms with Crippen LogP contribution in [0.4, 0.5) is 0 Å². The zero-order chi connectivity index (χ0) is 10.6. The molecule has 0 aliphatic carbocycles. The summed E-state index contributed by atoms with van der Waals surface area (Å²) >= 11 is 1.40. The maximum Gasteiger partial charge on any atom is 0.273 e. The highest BCUT2D eigenvalue weighted by Crippen LogP contribution is 2.05. The van der Waals surface area contributed by atoms with Crippen LogP contribution in [0, 0.1) is 0 Å². The fourth-order valence-corrected chi connectivity index (χ4v) is 1.52. The van der Waals surface area contributed by atoms with Crippen molar-refractivity contribution in [2.45, 2.75) is 19.4 Å². The Hall–Kier alpha value is -0.940. The van der Waals surface area contributed by atoms with Gasteiger partial charge in [0.1, 0.15) is 5.69 Å². The van der Waals surface area contributed by atoms with Gasteiger partial charge in [0.25, 0.3) is 5.91 Å². The Morgan fingerprint density at radius 1 is 1.79 bits per heavy atom. The third kappa shape index (κ3) is 3.08. The molecule has 0 bridgehead atoms. The summed E-state index contributed by atoms with van der Waals surface area (Å²) in [5.41, 5.74) is 2.11. The highest BCUT2D eigenvalue weighted by molar-refractivity contribution is 7.07. The van der Waals surface area contributed by atoms with Crippen molar-refractivity contribution in [3.63, 3.8) is 0 Å². The highest BCUT2D eigenvalue weighted by Gasteiger charge is 2.13. The number of aliphatic hydroxyl groups is 1. The van der Waals surface area contributed by atoms with E-state index in [0.717, 1.165) is 0 Å². The van der Waals surface area contributed by atoms with Crippen molar-refractivity contribution in [3.8, 4) is 0 Å². The zero-order valence-electron chi connectivity index (χ0n) is 8.30. The third-order valence-electron chi connectivity index (χ3n) is 1.88. The van der Waals surface area contributed by atoms with Crippen molar-refractivity contribution >= 4 is 17.2 Å². The van der Waals surface area contributed by atoms with E-state index in [1.54, 1.807) is 29.8 Å². The molecule has 1 aromatic heterocycles. The van der Waals surface area contributed by atoms with E-state index in [4.69, 9.17) is 5.11 Å². The molecule has 0 radical (unpaired) electrons. The lowest BCUT2D eigenvalue weighted by atomic mass is 10.2. The van der Waals surface area contributed by atoms with Crippen molar-refractivity contribution in [3.05, 3.63) is 16.6 Å². The lowest BCUT2D eigenvalue weighted by molar-refractivity contribution is 0.0764. The molecule has 0 aromatic carbocycles. The number of hydrogen-bond acceptors (Lipinski definition) is 4. The number of amides is 1. The van der Waals surface area contributed by atoms with E-state index in [1.807, 2.05) is 0 Å². The largest absolute Gasteiger partial charge is 0.393 e. The van der Waals surface area contributed by atoms with Crippen LogP contribution in [0.2, 0.25) is 0 Å². The number of aromatic nitrogens is 1. The molecule has 1 amide bonds. The topological polar surface area (TPSA) is 53.4 Å². The van der Waals surface area contributed by atoms with Gasteiger partial charge in [-0.25, -0.2) is 4.98 Å². The molecule has 1 rings (SSSR count). The van der Waals surface area contributed by atoms with E-state index in [0.29, 0.717) is 18.7 Å². The molecule has 0 saturated heterocycles. The van der Waals surface area contributed by atoms with E-state index in [2.05, 4.69) is 4.98 Å². The Morgan fingerprint density at radius 3 is 3.00 bits per heavy atom. The molecule has 1 N–H and O–H groups in total. The fraction of sp³-hybridized carbons (Fsp3) is 0.556. The van der Waals surface area contributed by atoms with Gasteiger partial charge in [-0.2, -0.15) is 0 Å². The molecule has 1 heterocycles. The first-order valence-electron chi connectivity index (χ1n) is 4.43. The summed E-state index contributed by atoms with van der Waals surface area (Å²) in [4.78, 5) is 17.1. The number of rotatable bonds is 4. The summed E-state index contributed by atoms with van der Waals surface area (Å²) < 4.78 is 0.